The zero-order valence-corrected chi connectivity index (χ0v) is 19.8. The molecule has 0 aromatic heterocycles. The standard InChI is InChI=1S/C27H22N4O7/c32-25(16-6-13-22-23(14-16)38-15-37-22)21-12-11-20-24(27(34)29(26(20)33)18-4-2-1-3-5-18)30(21)28-17-7-9-19(10-8-17)31(35)36/h1-14,20-21,24-25,28,32H,15H2. The summed E-state index contributed by atoms with van der Waals surface area (Å²) in [4.78, 5) is 38.9. The Morgan fingerprint density at radius 2 is 1.68 bits per heavy atom. The largest absolute Gasteiger partial charge is 0.454 e. The number of aliphatic hydroxyl groups is 1. The number of amides is 2. The Hall–Kier alpha value is -4.74. The zero-order valence-electron chi connectivity index (χ0n) is 19.8. The number of carbonyl (C=O) groups excluding carboxylic acids is 2. The first-order chi connectivity index (χ1) is 18.4. The Kier molecular flexibility index (Phi) is 5.78. The van der Waals surface area contributed by atoms with Crippen LogP contribution in [0.25, 0.3) is 0 Å². The number of para-hydroxylation sites is 1. The molecule has 0 spiro atoms. The number of hydrogen-bond acceptors (Lipinski definition) is 9. The van der Waals surface area contributed by atoms with Gasteiger partial charge in [0, 0.05) is 17.8 Å². The van der Waals surface area contributed by atoms with Gasteiger partial charge in [-0.2, -0.15) is 0 Å². The topological polar surface area (TPSA) is 134 Å². The van der Waals surface area contributed by atoms with Crippen molar-refractivity contribution in [2.24, 2.45) is 5.92 Å². The second kappa shape index (κ2) is 9.29. The van der Waals surface area contributed by atoms with E-state index in [1.54, 1.807) is 65.7 Å². The Morgan fingerprint density at radius 1 is 0.947 bits per heavy atom. The fourth-order valence-electron chi connectivity index (χ4n) is 5.00. The molecule has 0 radical (unpaired) electrons. The summed E-state index contributed by atoms with van der Waals surface area (Å²) in [6.45, 7) is 0.0850. The Balaban J connectivity index is 1.38. The maximum absolute atomic E-state index is 13.7. The summed E-state index contributed by atoms with van der Waals surface area (Å²) in [7, 11) is 0. The van der Waals surface area contributed by atoms with E-state index >= 15 is 0 Å². The highest BCUT2D eigenvalue weighted by Gasteiger charge is 2.54. The van der Waals surface area contributed by atoms with Gasteiger partial charge in [-0.25, -0.2) is 9.91 Å². The molecule has 38 heavy (non-hydrogen) atoms. The molecule has 1 saturated heterocycles. The van der Waals surface area contributed by atoms with Gasteiger partial charge in [0.15, 0.2) is 11.5 Å². The van der Waals surface area contributed by atoms with Crippen molar-refractivity contribution in [2.45, 2.75) is 18.2 Å². The molecule has 3 heterocycles. The Labute approximate surface area is 216 Å². The highest BCUT2D eigenvalue weighted by Crippen LogP contribution is 2.40. The predicted molar refractivity (Wildman–Crippen MR) is 135 cm³/mol. The quantitative estimate of drug-likeness (QED) is 0.220. The number of nitrogens with zero attached hydrogens (tertiary/aromatic N) is 3. The van der Waals surface area contributed by atoms with E-state index in [-0.39, 0.29) is 18.4 Å². The first kappa shape index (κ1) is 23.6. The van der Waals surface area contributed by atoms with Gasteiger partial charge in [-0.1, -0.05) is 36.4 Å². The molecule has 0 saturated carbocycles. The summed E-state index contributed by atoms with van der Waals surface area (Å²) in [5.74, 6) is -0.567. The first-order valence-electron chi connectivity index (χ1n) is 11.9. The number of rotatable bonds is 6. The van der Waals surface area contributed by atoms with Crippen molar-refractivity contribution in [1.29, 1.82) is 0 Å². The number of aliphatic hydroxyl groups excluding tert-OH is 1. The molecule has 0 bridgehead atoms. The number of nitro groups is 1. The molecule has 192 valence electrons. The fourth-order valence-corrected chi connectivity index (χ4v) is 5.00. The number of nitro benzene ring substituents is 1. The van der Waals surface area contributed by atoms with Gasteiger partial charge in [-0.05, 0) is 42.0 Å². The third kappa shape index (κ3) is 3.94. The van der Waals surface area contributed by atoms with Crippen LogP contribution in [0.3, 0.4) is 0 Å². The summed E-state index contributed by atoms with van der Waals surface area (Å²) >= 11 is 0. The van der Waals surface area contributed by atoms with E-state index in [1.807, 2.05) is 0 Å². The molecule has 4 atom stereocenters. The van der Waals surface area contributed by atoms with Crippen LogP contribution in [-0.2, 0) is 9.59 Å². The maximum Gasteiger partial charge on any atom is 0.269 e. The lowest BCUT2D eigenvalue weighted by molar-refractivity contribution is -0.384. The molecule has 1 fully saturated rings. The van der Waals surface area contributed by atoms with E-state index in [0.717, 1.165) is 4.90 Å². The van der Waals surface area contributed by atoms with Crippen LogP contribution in [0.4, 0.5) is 17.1 Å². The van der Waals surface area contributed by atoms with Gasteiger partial charge in [0.05, 0.1) is 22.6 Å². The van der Waals surface area contributed by atoms with Crippen molar-refractivity contribution in [3.05, 3.63) is 101 Å². The first-order valence-corrected chi connectivity index (χ1v) is 11.9. The van der Waals surface area contributed by atoms with Gasteiger partial charge < -0.3 is 20.0 Å². The van der Waals surface area contributed by atoms with E-state index in [1.165, 1.54) is 24.3 Å². The van der Waals surface area contributed by atoms with Crippen LogP contribution in [0.15, 0.2) is 84.9 Å². The average Bonchev–Trinajstić information content (AvgIpc) is 3.51. The minimum Gasteiger partial charge on any atom is -0.454 e. The van der Waals surface area contributed by atoms with Crippen molar-refractivity contribution in [1.82, 2.24) is 5.01 Å². The third-order valence-corrected chi connectivity index (χ3v) is 6.87. The van der Waals surface area contributed by atoms with Crippen molar-refractivity contribution in [3.8, 4) is 11.5 Å². The summed E-state index contributed by atoms with van der Waals surface area (Å²) in [6.07, 6.45) is 2.22. The van der Waals surface area contributed by atoms with Gasteiger partial charge in [0.25, 0.3) is 11.6 Å². The monoisotopic (exact) mass is 514 g/mol. The van der Waals surface area contributed by atoms with Crippen LogP contribution < -0.4 is 19.8 Å². The molecule has 2 N–H and O–H groups in total. The minimum absolute atomic E-state index is 0.0850. The molecule has 6 rings (SSSR count). The molecule has 3 aromatic carbocycles. The number of imide groups is 1. The number of hydrazine groups is 1. The minimum atomic E-state index is -1.12. The number of carbonyl (C=O) groups is 2. The SMILES string of the molecule is O=C1C2C=CC(C(O)c3ccc4c(c3)OCO4)N(Nc3ccc([N+](=O)[O-])cc3)C2C(=O)N1c1ccccc1. The highest BCUT2D eigenvalue weighted by atomic mass is 16.7. The van der Waals surface area contributed by atoms with E-state index in [4.69, 9.17) is 9.47 Å². The number of anilines is 2. The Bertz CT molecular complexity index is 1440. The lowest BCUT2D eigenvalue weighted by atomic mass is 9.90. The second-order valence-corrected chi connectivity index (χ2v) is 9.07. The molecule has 4 unspecified atom stereocenters. The van der Waals surface area contributed by atoms with Crippen LogP contribution in [-0.4, -0.2) is 45.7 Å². The highest BCUT2D eigenvalue weighted by molar-refractivity contribution is 6.24. The number of non-ortho nitro benzene ring substituents is 1. The maximum atomic E-state index is 13.7. The molecule has 0 aliphatic carbocycles. The van der Waals surface area contributed by atoms with Gasteiger partial charge in [0.1, 0.15) is 12.1 Å². The van der Waals surface area contributed by atoms with Crippen molar-refractivity contribution >= 4 is 28.9 Å². The predicted octanol–water partition coefficient (Wildman–Crippen LogP) is 3.18. The summed E-state index contributed by atoms with van der Waals surface area (Å²) in [5, 5.41) is 24.1. The van der Waals surface area contributed by atoms with E-state index in [0.29, 0.717) is 28.4 Å². The second-order valence-electron chi connectivity index (χ2n) is 9.07. The van der Waals surface area contributed by atoms with E-state index < -0.39 is 34.9 Å². The van der Waals surface area contributed by atoms with Gasteiger partial charge in [0.2, 0.25) is 12.7 Å². The van der Waals surface area contributed by atoms with Crippen LogP contribution in [0.5, 0.6) is 11.5 Å². The smallest absolute Gasteiger partial charge is 0.269 e. The molecule has 3 aromatic rings. The molecular formula is C27H22N4O7. The summed E-state index contributed by atoms with van der Waals surface area (Å²) < 4.78 is 10.8. The van der Waals surface area contributed by atoms with Gasteiger partial charge >= 0.3 is 0 Å². The van der Waals surface area contributed by atoms with Crippen LogP contribution in [0.2, 0.25) is 0 Å². The molecule has 3 aliphatic rings. The van der Waals surface area contributed by atoms with E-state index in [9.17, 15) is 24.8 Å². The van der Waals surface area contributed by atoms with Gasteiger partial charge in [-0.15, -0.1) is 0 Å². The number of benzene rings is 3. The molecule has 11 heteroatoms. The van der Waals surface area contributed by atoms with Gasteiger partial charge in [-0.3, -0.25) is 19.7 Å². The molecular weight excluding hydrogens is 492 g/mol. The summed E-state index contributed by atoms with van der Waals surface area (Å²) in [5.41, 5.74) is 4.47. The fraction of sp³-hybridized carbons (Fsp3) is 0.185. The number of hydrogen-bond donors (Lipinski definition) is 2. The lowest BCUT2D eigenvalue weighted by Crippen LogP contribution is -2.55. The Morgan fingerprint density at radius 3 is 2.42 bits per heavy atom. The normalized spacial score (nSPS) is 22.9. The average molecular weight is 514 g/mol. The lowest BCUT2D eigenvalue weighted by Gasteiger charge is -2.40. The number of nitrogens with one attached hydrogen (secondary N) is 1. The third-order valence-electron chi connectivity index (χ3n) is 6.87. The zero-order chi connectivity index (χ0) is 26.4. The van der Waals surface area contributed by atoms with Crippen LogP contribution in [0.1, 0.15) is 11.7 Å². The molecule has 3 aliphatic heterocycles. The van der Waals surface area contributed by atoms with E-state index in [2.05, 4.69) is 5.43 Å². The van der Waals surface area contributed by atoms with Crippen LogP contribution in [0, 0.1) is 16.0 Å². The van der Waals surface area contributed by atoms with Crippen molar-refractivity contribution in [3.63, 3.8) is 0 Å². The number of fused-ring (bicyclic) bond motifs is 2. The number of ether oxygens (including phenoxy) is 2. The summed E-state index contributed by atoms with van der Waals surface area (Å²) in [6, 6.07) is 17.7. The van der Waals surface area contributed by atoms with Crippen LogP contribution >= 0.6 is 0 Å². The molecule has 2 amide bonds. The van der Waals surface area contributed by atoms with Crippen molar-refractivity contribution in [2.75, 3.05) is 17.1 Å². The molecule has 11 nitrogen and oxygen atoms in total. The van der Waals surface area contributed by atoms with Crippen molar-refractivity contribution < 1.29 is 29.1 Å².